The highest BCUT2D eigenvalue weighted by Crippen LogP contribution is 2.39. The molecule has 0 saturated heterocycles. The molecule has 3 rings (SSSR count). The third kappa shape index (κ3) is 7.57. The number of halogens is 4. The molecule has 2 aromatic rings. The average Bonchev–Trinajstić information content (AvgIpc) is 3.20. The molecular formula is C25H31ClF3N5O4S. The number of ether oxygens (including phenoxy) is 1. The molecule has 1 saturated carbocycles. The van der Waals surface area contributed by atoms with Gasteiger partial charge in [0.1, 0.15) is 21.6 Å². The Balaban J connectivity index is 1.83. The van der Waals surface area contributed by atoms with Crippen molar-refractivity contribution in [1.29, 1.82) is 5.26 Å². The largest absolute Gasteiger partial charge is 0.496 e. The maximum absolute atomic E-state index is 13.0. The predicted octanol–water partition coefficient (Wildman–Crippen LogP) is 4.82. The fourth-order valence-electron chi connectivity index (χ4n) is 4.55. The lowest BCUT2D eigenvalue weighted by molar-refractivity contribution is -0.138. The Kier molecular flexibility index (Phi) is 9.77. The van der Waals surface area contributed by atoms with Crippen LogP contribution in [0.15, 0.2) is 18.2 Å². The number of carbonyl (C=O) groups is 1. The number of aryl methyl sites for hydroxylation is 1. The van der Waals surface area contributed by atoms with Gasteiger partial charge in [0.15, 0.2) is 5.69 Å². The molecule has 1 heterocycles. The van der Waals surface area contributed by atoms with Crippen molar-refractivity contribution in [1.82, 2.24) is 15.1 Å². The third-order valence-electron chi connectivity index (χ3n) is 6.83. The number of sulfone groups is 1. The van der Waals surface area contributed by atoms with E-state index in [1.165, 1.54) is 36.2 Å². The Labute approximate surface area is 230 Å². The highest BCUT2D eigenvalue weighted by atomic mass is 35.5. The topological polar surface area (TPSA) is 126 Å². The Morgan fingerprint density at radius 2 is 1.97 bits per heavy atom. The number of carbonyl (C=O) groups excluding carboxylic acids is 1. The average molecular weight is 590 g/mol. The van der Waals surface area contributed by atoms with Crippen molar-refractivity contribution in [3.8, 4) is 23.1 Å². The number of nitriles is 1. The normalized spacial score (nSPS) is 18.7. The molecule has 1 aliphatic carbocycles. The minimum absolute atomic E-state index is 0.00823. The molecule has 1 atom stereocenters. The monoisotopic (exact) mass is 589 g/mol. The van der Waals surface area contributed by atoms with Crippen molar-refractivity contribution < 1.29 is 31.1 Å². The zero-order chi connectivity index (χ0) is 29.0. The van der Waals surface area contributed by atoms with Gasteiger partial charge in [0.25, 0.3) is 5.91 Å². The lowest BCUT2D eigenvalue weighted by Crippen LogP contribution is -2.34. The van der Waals surface area contributed by atoms with Crippen LogP contribution in [0.4, 0.5) is 18.9 Å². The lowest BCUT2D eigenvalue weighted by atomic mass is 9.89. The van der Waals surface area contributed by atoms with Gasteiger partial charge in [-0.1, -0.05) is 11.6 Å². The molecule has 39 heavy (non-hydrogen) atoms. The molecule has 1 aromatic heterocycles. The molecule has 2 N–H and O–H groups in total. The lowest BCUT2D eigenvalue weighted by Gasteiger charge is -2.27. The van der Waals surface area contributed by atoms with Crippen LogP contribution >= 0.6 is 11.6 Å². The molecule has 1 aliphatic rings. The quantitative estimate of drug-likeness (QED) is 0.407. The standard InChI is InChI=1S/C25H31ClF3N5O4S/c1-15(25(27,28)29)32-17-7-10-19(20(13-17)38-2)23-21(26)22(33-34(23)12-4-11-30)24(35)31-14-16-5-8-18(9-6-16)39(3,36)37/h7,10,13,15-16,18,32H,4-6,8-9,12,14H2,1-3H3,(H,31,35)/t15-,16?,18?/m1/s1. The van der Waals surface area contributed by atoms with Crippen molar-refractivity contribution >= 4 is 33.0 Å². The summed E-state index contributed by atoms with van der Waals surface area (Å²) in [5.41, 5.74) is 0.780. The highest BCUT2D eigenvalue weighted by molar-refractivity contribution is 7.91. The van der Waals surface area contributed by atoms with Crippen molar-refractivity contribution in [2.45, 2.75) is 63.0 Å². The van der Waals surface area contributed by atoms with E-state index in [1.807, 2.05) is 6.07 Å². The van der Waals surface area contributed by atoms with E-state index < -0.39 is 28.0 Å². The van der Waals surface area contributed by atoms with E-state index in [4.69, 9.17) is 21.6 Å². The first-order valence-corrected chi connectivity index (χ1v) is 14.7. The van der Waals surface area contributed by atoms with Gasteiger partial charge in [-0.2, -0.15) is 23.5 Å². The molecule has 0 bridgehead atoms. The van der Waals surface area contributed by atoms with Crippen LogP contribution in [-0.4, -0.2) is 61.5 Å². The number of hydrogen-bond donors (Lipinski definition) is 2. The van der Waals surface area contributed by atoms with E-state index in [0.29, 0.717) is 37.8 Å². The smallest absolute Gasteiger partial charge is 0.408 e. The molecule has 14 heteroatoms. The summed E-state index contributed by atoms with van der Waals surface area (Å²) in [5, 5.41) is 18.3. The minimum atomic E-state index is -4.44. The number of nitrogens with one attached hydrogen (secondary N) is 2. The Hall–Kier alpha value is -2.98. The Morgan fingerprint density at radius 3 is 2.54 bits per heavy atom. The zero-order valence-electron chi connectivity index (χ0n) is 21.8. The van der Waals surface area contributed by atoms with Crippen LogP contribution in [0.5, 0.6) is 5.75 Å². The molecule has 9 nitrogen and oxygen atoms in total. The molecular weight excluding hydrogens is 559 g/mol. The van der Waals surface area contributed by atoms with Crippen LogP contribution < -0.4 is 15.4 Å². The molecule has 0 unspecified atom stereocenters. The van der Waals surface area contributed by atoms with Crippen molar-refractivity contribution in [3.05, 3.63) is 28.9 Å². The van der Waals surface area contributed by atoms with Gasteiger partial charge in [0, 0.05) is 30.1 Å². The number of amides is 1. The summed E-state index contributed by atoms with van der Waals surface area (Å²) in [6, 6.07) is 4.55. The Morgan fingerprint density at radius 1 is 1.31 bits per heavy atom. The molecule has 1 amide bonds. The molecule has 1 aromatic carbocycles. The van der Waals surface area contributed by atoms with Crippen molar-refractivity contribution in [3.63, 3.8) is 0 Å². The van der Waals surface area contributed by atoms with Gasteiger partial charge in [-0.05, 0) is 50.7 Å². The maximum Gasteiger partial charge on any atom is 0.408 e. The first-order valence-electron chi connectivity index (χ1n) is 12.4. The third-order valence-corrected chi connectivity index (χ3v) is 8.87. The van der Waals surface area contributed by atoms with Crippen LogP contribution in [0.2, 0.25) is 5.02 Å². The number of alkyl halides is 3. The maximum atomic E-state index is 13.0. The fraction of sp³-hybridized carbons (Fsp3) is 0.560. The number of rotatable bonds is 10. The first-order chi connectivity index (χ1) is 18.3. The van der Waals surface area contributed by atoms with Gasteiger partial charge >= 0.3 is 6.18 Å². The van der Waals surface area contributed by atoms with Crippen molar-refractivity contribution in [2.24, 2.45) is 5.92 Å². The van der Waals surface area contributed by atoms with E-state index in [0.717, 1.165) is 6.92 Å². The molecule has 0 aliphatic heterocycles. The zero-order valence-corrected chi connectivity index (χ0v) is 23.4. The van der Waals surface area contributed by atoms with Gasteiger partial charge in [-0.3, -0.25) is 9.48 Å². The first kappa shape index (κ1) is 30.6. The summed E-state index contributed by atoms with van der Waals surface area (Å²) < 4.78 is 69.4. The number of methoxy groups -OCH3 is 1. The number of aromatic nitrogens is 2. The van der Waals surface area contributed by atoms with Crippen LogP contribution in [0, 0.1) is 17.2 Å². The molecule has 214 valence electrons. The number of hydrogen-bond acceptors (Lipinski definition) is 7. The van der Waals surface area contributed by atoms with Gasteiger partial charge in [-0.25, -0.2) is 8.42 Å². The van der Waals surface area contributed by atoms with Gasteiger partial charge in [-0.15, -0.1) is 0 Å². The molecule has 0 radical (unpaired) electrons. The van der Waals surface area contributed by atoms with E-state index in [2.05, 4.69) is 15.7 Å². The number of benzene rings is 1. The summed E-state index contributed by atoms with van der Waals surface area (Å²) in [6.45, 7) is 1.44. The minimum Gasteiger partial charge on any atom is -0.496 e. The summed E-state index contributed by atoms with van der Waals surface area (Å²) in [7, 11) is -1.74. The summed E-state index contributed by atoms with van der Waals surface area (Å²) >= 11 is 6.63. The van der Waals surface area contributed by atoms with Crippen LogP contribution in [0.25, 0.3) is 11.3 Å². The summed E-state index contributed by atoms with van der Waals surface area (Å²) in [5.74, 6) is -0.215. The van der Waals surface area contributed by atoms with E-state index in [-0.39, 0.29) is 52.0 Å². The molecule has 1 fully saturated rings. The van der Waals surface area contributed by atoms with Gasteiger partial charge in [0.05, 0.1) is 42.1 Å². The number of nitrogens with zero attached hydrogens (tertiary/aromatic N) is 3. The van der Waals surface area contributed by atoms with Gasteiger partial charge < -0.3 is 15.4 Å². The molecule has 0 spiro atoms. The van der Waals surface area contributed by atoms with Crippen LogP contribution in [-0.2, 0) is 16.4 Å². The summed E-state index contributed by atoms with van der Waals surface area (Å²) in [4.78, 5) is 13.0. The second-order valence-corrected chi connectivity index (χ2v) is 12.4. The van der Waals surface area contributed by atoms with Crippen LogP contribution in [0.3, 0.4) is 0 Å². The second-order valence-electron chi connectivity index (χ2n) is 9.65. The van der Waals surface area contributed by atoms with E-state index >= 15 is 0 Å². The predicted molar refractivity (Wildman–Crippen MR) is 142 cm³/mol. The van der Waals surface area contributed by atoms with E-state index in [1.54, 1.807) is 0 Å². The fourth-order valence-corrected chi connectivity index (χ4v) is 6.00. The van der Waals surface area contributed by atoms with Crippen LogP contribution in [0.1, 0.15) is 49.5 Å². The summed E-state index contributed by atoms with van der Waals surface area (Å²) in [6.07, 6.45) is -0.722. The van der Waals surface area contributed by atoms with Crippen molar-refractivity contribution in [2.75, 3.05) is 25.2 Å². The highest BCUT2D eigenvalue weighted by Gasteiger charge is 2.36. The Bertz CT molecular complexity index is 1330. The number of anilines is 1. The van der Waals surface area contributed by atoms with E-state index in [9.17, 15) is 26.4 Å². The SMILES string of the molecule is COc1cc(N[C@H](C)C(F)(F)F)ccc1-c1c(Cl)c(C(=O)NCC2CCC(S(C)(=O)=O)CC2)nn1CCC#N. The van der Waals surface area contributed by atoms with Gasteiger partial charge in [0.2, 0.25) is 0 Å². The second kappa shape index (κ2) is 12.5.